The number of aliphatic hydroxyl groups is 2. The molecule has 0 aromatic carbocycles. The van der Waals surface area contributed by atoms with Crippen LogP contribution in [0.15, 0.2) is 12.2 Å². The molecule has 2 N–H and O–H groups in total. The van der Waals surface area contributed by atoms with Crippen molar-refractivity contribution in [3.05, 3.63) is 12.2 Å². The number of hydrogen-bond donors (Lipinski definition) is 2. The van der Waals surface area contributed by atoms with Crippen LogP contribution >= 0.6 is 0 Å². The fourth-order valence-corrected chi connectivity index (χ4v) is 1.90. The van der Waals surface area contributed by atoms with Crippen molar-refractivity contribution in [3.8, 4) is 0 Å². The van der Waals surface area contributed by atoms with Gasteiger partial charge in [-0.2, -0.15) is 0 Å². The normalized spacial score (nSPS) is 13.4. The quantitative estimate of drug-likeness (QED) is 0.301. The summed E-state index contributed by atoms with van der Waals surface area (Å²) in [5, 5.41) is 17.5. The predicted octanol–water partition coefficient (Wildman–Crippen LogP) is -4.12. The zero-order valence-corrected chi connectivity index (χ0v) is 17.6. The van der Waals surface area contributed by atoms with Gasteiger partial charge in [0.1, 0.15) is 13.1 Å². The molecular weight excluding hydrogens is 335 g/mol. The first kappa shape index (κ1) is 31.0. The van der Waals surface area contributed by atoms with Gasteiger partial charge in [0.15, 0.2) is 0 Å². The lowest BCUT2D eigenvalue weighted by Gasteiger charge is -2.31. The molecule has 0 aromatic rings. The van der Waals surface area contributed by atoms with Gasteiger partial charge in [0.2, 0.25) is 0 Å². The van der Waals surface area contributed by atoms with Gasteiger partial charge in [0, 0.05) is 0 Å². The molecule has 0 aliphatic rings. The first-order valence-electron chi connectivity index (χ1n) is 8.40. The summed E-state index contributed by atoms with van der Waals surface area (Å²) in [4.78, 5) is 0. The van der Waals surface area contributed by atoms with E-state index in [1.165, 1.54) is 0 Å². The molecule has 4 nitrogen and oxygen atoms in total. The molecule has 0 aromatic heterocycles. The number of rotatable bonds is 10. The minimum Gasteiger partial charge on any atom is -1.00 e. The zero-order valence-electron chi connectivity index (χ0n) is 16.1. The lowest BCUT2D eigenvalue weighted by Crippen LogP contribution is -3.00. The maximum Gasteiger partial charge on any atom is 0.102 e. The molecule has 0 rings (SSSR count). The second-order valence-corrected chi connectivity index (χ2v) is 6.14. The maximum absolute atomic E-state index is 8.85. The molecule has 0 bridgehead atoms. The van der Waals surface area contributed by atoms with Crippen LogP contribution in [0.1, 0.15) is 34.1 Å². The second kappa shape index (κ2) is 18.5. The zero-order chi connectivity index (χ0) is 16.8. The Morgan fingerprint density at radius 3 is 1.35 bits per heavy atom. The molecule has 0 radical (unpaired) electrons. The van der Waals surface area contributed by atoms with Crippen LogP contribution in [0.25, 0.3) is 0 Å². The van der Waals surface area contributed by atoms with Crippen LogP contribution in [0.5, 0.6) is 0 Å². The molecule has 1 atom stereocenters. The van der Waals surface area contributed by atoms with E-state index in [-0.39, 0.29) is 31.4 Å². The molecule has 0 aliphatic carbocycles. The average molecular weight is 375 g/mol. The van der Waals surface area contributed by atoms with Gasteiger partial charge >= 0.3 is 0 Å². The first-order valence-corrected chi connectivity index (χ1v) is 8.40. The van der Waals surface area contributed by atoms with Crippen molar-refractivity contribution in [3.63, 3.8) is 0 Å². The average Bonchev–Trinajstić information content (AvgIpc) is 2.48. The van der Waals surface area contributed by atoms with Crippen molar-refractivity contribution in [2.75, 3.05) is 66.6 Å². The number of likely N-dealkylation sites (N-methyl/N-ethyl adjacent to an activating group) is 2. The Kier molecular flexibility index (Phi) is 24.9. The molecule has 23 heavy (non-hydrogen) atoms. The van der Waals surface area contributed by atoms with E-state index >= 15 is 0 Å². The minimum absolute atomic E-state index is 0. The van der Waals surface area contributed by atoms with Crippen molar-refractivity contribution >= 4 is 0 Å². The summed E-state index contributed by atoms with van der Waals surface area (Å²) in [6, 6.07) is 0. The smallest absolute Gasteiger partial charge is 0.102 e. The Hall–Kier alpha value is 0.160. The highest BCUT2D eigenvalue weighted by Crippen LogP contribution is 2.01. The highest BCUT2D eigenvalue weighted by molar-refractivity contribution is 4.79. The van der Waals surface area contributed by atoms with Crippen LogP contribution in [0.4, 0.5) is 0 Å². The van der Waals surface area contributed by atoms with Crippen LogP contribution in [0.3, 0.4) is 0 Å². The highest BCUT2D eigenvalue weighted by atomic mass is 35.5. The molecule has 6 heteroatoms. The topological polar surface area (TPSA) is 40.5 Å². The van der Waals surface area contributed by atoms with E-state index in [1.54, 1.807) is 0 Å². The predicted molar refractivity (Wildman–Crippen MR) is 92.2 cm³/mol. The standard InChI is InChI=1S/C10H22NO.C7H18NO.2ClH/c1-4-6-7-8-11(3,5-2)9-10-12;1-4-8(3,5-2)6-7-9;;/h6-7,12H,4-5,8-10H2,1-3H3;9H,4-7H2,1-3H3;2*1H/q2*+1;;/p-2/b7-6-;;;. The van der Waals surface area contributed by atoms with Crippen molar-refractivity contribution in [2.45, 2.75) is 34.1 Å². The number of aliphatic hydroxyl groups excluding tert-OH is 2. The SMILES string of the molecule is CC/C=C\C[N+](C)(CC)CCO.CC[N+](C)(CC)CCO.[Cl-].[Cl-]. The molecule has 0 spiro atoms. The van der Waals surface area contributed by atoms with Crippen LogP contribution < -0.4 is 24.8 Å². The van der Waals surface area contributed by atoms with Gasteiger partial charge in [-0.25, -0.2) is 0 Å². The fourth-order valence-electron chi connectivity index (χ4n) is 1.90. The Labute approximate surface area is 157 Å². The van der Waals surface area contributed by atoms with Crippen molar-refractivity contribution in [1.29, 1.82) is 0 Å². The summed E-state index contributed by atoms with van der Waals surface area (Å²) in [6.45, 7) is 15.3. The lowest BCUT2D eigenvalue weighted by atomic mass is 10.3. The van der Waals surface area contributed by atoms with E-state index in [1.807, 2.05) is 0 Å². The second-order valence-electron chi connectivity index (χ2n) is 6.14. The van der Waals surface area contributed by atoms with Crippen molar-refractivity contribution in [2.24, 2.45) is 0 Å². The number of quaternary nitrogens is 2. The minimum atomic E-state index is 0. The van der Waals surface area contributed by atoms with E-state index in [0.29, 0.717) is 6.61 Å². The molecule has 0 fully saturated rings. The number of nitrogens with zero attached hydrogens (tertiary/aromatic N) is 2. The van der Waals surface area contributed by atoms with Gasteiger partial charge in [-0.15, -0.1) is 0 Å². The van der Waals surface area contributed by atoms with E-state index in [9.17, 15) is 0 Å². The number of hydrogen-bond acceptors (Lipinski definition) is 2. The van der Waals surface area contributed by atoms with Crippen molar-refractivity contribution in [1.82, 2.24) is 0 Å². The Bertz CT molecular complexity index is 263. The molecule has 0 saturated carbocycles. The van der Waals surface area contributed by atoms with Gasteiger partial charge in [-0.05, 0) is 33.3 Å². The molecule has 0 saturated heterocycles. The summed E-state index contributed by atoms with van der Waals surface area (Å²) in [5.74, 6) is 0. The van der Waals surface area contributed by atoms with E-state index in [2.05, 4.69) is 53.9 Å². The lowest BCUT2D eigenvalue weighted by molar-refractivity contribution is -0.906. The number of halogens is 2. The number of allylic oxidation sites excluding steroid dienone is 1. The van der Waals surface area contributed by atoms with Gasteiger partial charge in [0.05, 0.1) is 53.5 Å². The Morgan fingerprint density at radius 1 is 0.696 bits per heavy atom. The van der Waals surface area contributed by atoms with Gasteiger partial charge in [0.25, 0.3) is 0 Å². The molecule has 144 valence electrons. The van der Waals surface area contributed by atoms with Gasteiger partial charge < -0.3 is 44.0 Å². The molecular formula is C17H40Cl2N2O2. The summed E-state index contributed by atoms with van der Waals surface area (Å²) >= 11 is 0. The van der Waals surface area contributed by atoms with Gasteiger partial charge in [-0.3, -0.25) is 0 Å². The van der Waals surface area contributed by atoms with Crippen LogP contribution in [0, 0.1) is 0 Å². The fraction of sp³-hybridized carbons (Fsp3) is 0.882. The van der Waals surface area contributed by atoms with E-state index < -0.39 is 0 Å². The van der Waals surface area contributed by atoms with E-state index in [4.69, 9.17) is 10.2 Å². The summed E-state index contributed by atoms with van der Waals surface area (Å²) in [5.41, 5.74) is 0. The largest absolute Gasteiger partial charge is 1.00 e. The van der Waals surface area contributed by atoms with Crippen LogP contribution in [-0.4, -0.2) is 85.8 Å². The van der Waals surface area contributed by atoms with Crippen LogP contribution in [-0.2, 0) is 0 Å². The molecule has 0 heterocycles. The summed E-state index contributed by atoms with van der Waals surface area (Å²) in [6.07, 6.45) is 5.49. The maximum atomic E-state index is 8.85. The van der Waals surface area contributed by atoms with E-state index in [0.717, 1.165) is 54.7 Å². The Balaban J connectivity index is -0.000000149. The molecule has 0 amide bonds. The third-order valence-electron chi connectivity index (χ3n) is 4.52. The first-order chi connectivity index (χ1) is 9.86. The highest BCUT2D eigenvalue weighted by Gasteiger charge is 2.15. The van der Waals surface area contributed by atoms with Crippen LogP contribution in [0.2, 0.25) is 0 Å². The molecule has 1 unspecified atom stereocenters. The van der Waals surface area contributed by atoms with Crippen molar-refractivity contribution < 1.29 is 44.0 Å². The summed E-state index contributed by atoms with van der Waals surface area (Å²) in [7, 11) is 4.34. The monoisotopic (exact) mass is 374 g/mol. The molecule has 0 aliphatic heterocycles. The summed E-state index contributed by atoms with van der Waals surface area (Å²) < 4.78 is 1.92. The third kappa shape index (κ3) is 16.8. The van der Waals surface area contributed by atoms with Gasteiger partial charge in [-0.1, -0.05) is 13.0 Å². The Morgan fingerprint density at radius 2 is 1.09 bits per heavy atom. The third-order valence-corrected chi connectivity index (χ3v) is 4.52.